The lowest BCUT2D eigenvalue weighted by molar-refractivity contribution is -0.146. The molecule has 1 aliphatic rings. The van der Waals surface area contributed by atoms with Gasteiger partial charge in [-0.2, -0.15) is 0 Å². The van der Waals surface area contributed by atoms with Gasteiger partial charge in [0.2, 0.25) is 0 Å². The van der Waals surface area contributed by atoms with Crippen molar-refractivity contribution in [3.8, 4) is 0 Å². The molecule has 0 radical (unpaired) electrons. The first-order valence-electron chi connectivity index (χ1n) is 6.06. The second kappa shape index (κ2) is 5.32. The summed E-state index contributed by atoms with van der Waals surface area (Å²) in [5, 5.41) is 3.31. The van der Waals surface area contributed by atoms with E-state index in [0.29, 0.717) is 5.92 Å². The van der Waals surface area contributed by atoms with E-state index in [1.807, 2.05) is 0 Å². The van der Waals surface area contributed by atoms with E-state index in [2.05, 4.69) is 36.5 Å². The van der Waals surface area contributed by atoms with Crippen molar-refractivity contribution in [1.29, 1.82) is 0 Å². The Morgan fingerprint density at radius 3 is 2.65 bits per heavy atom. The van der Waals surface area contributed by atoms with E-state index >= 15 is 0 Å². The number of aryl methyl sites for hydroxylation is 1. The van der Waals surface area contributed by atoms with Crippen molar-refractivity contribution in [2.45, 2.75) is 19.3 Å². The summed E-state index contributed by atoms with van der Waals surface area (Å²) in [4.78, 5) is 11.5. The standard InChI is InChI=1S/C14H19NO2/c1-10-3-5-11(6-4-10)12-7-13(9-15-8-12)14(16)17-2/h3-6,12-13,15H,7-9H2,1-2H3/t12-,13+/m1/s1. The van der Waals surface area contributed by atoms with Crippen LogP contribution in [0.1, 0.15) is 23.5 Å². The van der Waals surface area contributed by atoms with Crippen molar-refractivity contribution in [3.63, 3.8) is 0 Å². The lowest BCUT2D eigenvalue weighted by Crippen LogP contribution is -2.39. The maximum absolute atomic E-state index is 11.5. The van der Waals surface area contributed by atoms with E-state index in [0.717, 1.165) is 19.5 Å². The highest BCUT2D eigenvalue weighted by molar-refractivity contribution is 5.72. The van der Waals surface area contributed by atoms with E-state index in [1.54, 1.807) is 0 Å². The number of hydrogen-bond acceptors (Lipinski definition) is 3. The number of rotatable bonds is 2. The van der Waals surface area contributed by atoms with Crippen LogP contribution in [0.2, 0.25) is 0 Å². The molecule has 0 saturated carbocycles. The molecule has 1 fully saturated rings. The summed E-state index contributed by atoms with van der Waals surface area (Å²) in [7, 11) is 1.46. The molecule has 0 amide bonds. The molecule has 1 heterocycles. The molecule has 2 atom stereocenters. The second-order valence-corrected chi connectivity index (χ2v) is 4.72. The summed E-state index contributed by atoms with van der Waals surface area (Å²) in [6.45, 7) is 3.76. The average Bonchev–Trinajstić information content (AvgIpc) is 2.39. The van der Waals surface area contributed by atoms with Crippen molar-refractivity contribution in [1.82, 2.24) is 5.32 Å². The van der Waals surface area contributed by atoms with Gasteiger partial charge in [0.15, 0.2) is 0 Å². The monoisotopic (exact) mass is 233 g/mol. The molecule has 0 bridgehead atoms. The topological polar surface area (TPSA) is 38.3 Å². The quantitative estimate of drug-likeness (QED) is 0.792. The Kier molecular flexibility index (Phi) is 3.79. The number of piperidine rings is 1. The van der Waals surface area contributed by atoms with Crippen LogP contribution in [0, 0.1) is 12.8 Å². The highest BCUT2D eigenvalue weighted by Gasteiger charge is 2.28. The van der Waals surface area contributed by atoms with Crippen LogP contribution >= 0.6 is 0 Å². The van der Waals surface area contributed by atoms with Crippen LogP contribution in [0.5, 0.6) is 0 Å². The number of methoxy groups -OCH3 is 1. The minimum atomic E-state index is -0.102. The first kappa shape index (κ1) is 12.1. The van der Waals surface area contributed by atoms with Crippen LogP contribution in [0.25, 0.3) is 0 Å². The van der Waals surface area contributed by atoms with E-state index in [9.17, 15) is 4.79 Å². The van der Waals surface area contributed by atoms with Crippen LogP contribution in [0.4, 0.5) is 0 Å². The van der Waals surface area contributed by atoms with E-state index in [4.69, 9.17) is 4.74 Å². The number of carbonyl (C=O) groups excluding carboxylic acids is 1. The molecule has 3 heteroatoms. The van der Waals surface area contributed by atoms with Gasteiger partial charge in [0.1, 0.15) is 0 Å². The van der Waals surface area contributed by atoms with E-state index in [1.165, 1.54) is 18.2 Å². The predicted octanol–water partition coefficient (Wildman–Crippen LogP) is 1.86. The fourth-order valence-corrected chi connectivity index (χ4v) is 2.38. The molecule has 0 aliphatic carbocycles. The molecule has 0 unspecified atom stereocenters. The third-order valence-corrected chi connectivity index (χ3v) is 3.43. The van der Waals surface area contributed by atoms with Gasteiger partial charge >= 0.3 is 5.97 Å². The predicted molar refractivity (Wildman–Crippen MR) is 66.9 cm³/mol. The van der Waals surface area contributed by atoms with Gasteiger partial charge in [0.25, 0.3) is 0 Å². The zero-order valence-electron chi connectivity index (χ0n) is 10.4. The Morgan fingerprint density at radius 1 is 1.29 bits per heavy atom. The summed E-state index contributed by atoms with van der Waals surface area (Å²) >= 11 is 0. The Balaban J connectivity index is 2.06. The lowest BCUT2D eigenvalue weighted by Gasteiger charge is -2.28. The van der Waals surface area contributed by atoms with Gasteiger partial charge in [-0.15, -0.1) is 0 Å². The molecule has 1 aromatic rings. The molecular weight excluding hydrogens is 214 g/mol. The Bertz CT molecular complexity index is 386. The Morgan fingerprint density at radius 2 is 2.00 bits per heavy atom. The molecule has 1 aliphatic heterocycles. The fraction of sp³-hybridized carbons (Fsp3) is 0.500. The maximum atomic E-state index is 11.5. The average molecular weight is 233 g/mol. The van der Waals surface area contributed by atoms with Crippen LogP contribution in [-0.4, -0.2) is 26.2 Å². The zero-order valence-corrected chi connectivity index (χ0v) is 10.4. The van der Waals surface area contributed by atoms with Gasteiger partial charge in [-0.1, -0.05) is 29.8 Å². The normalized spacial score (nSPS) is 24.4. The largest absolute Gasteiger partial charge is 0.469 e. The van der Waals surface area contributed by atoms with Gasteiger partial charge in [-0.05, 0) is 24.8 Å². The fourth-order valence-electron chi connectivity index (χ4n) is 2.38. The minimum absolute atomic E-state index is 0.0138. The van der Waals surface area contributed by atoms with Crippen LogP contribution in [0.3, 0.4) is 0 Å². The van der Waals surface area contributed by atoms with Crippen LogP contribution < -0.4 is 5.32 Å². The number of esters is 1. The third kappa shape index (κ3) is 2.86. The molecule has 1 N–H and O–H groups in total. The summed E-state index contributed by atoms with van der Waals surface area (Å²) in [5.41, 5.74) is 2.57. The summed E-state index contributed by atoms with van der Waals surface area (Å²) in [5.74, 6) is 0.294. The van der Waals surface area contributed by atoms with Crippen molar-refractivity contribution in [2.24, 2.45) is 5.92 Å². The zero-order chi connectivity index (χ0) is 12.3. The number of carbonyl (C=O) groups is 1. The first-order valence-corrected chi connectivity index (χ1v) is 6.06. The van der Waals surface area contributed by atoms with Crippen molar-refractivity contribution >= 4 is 5.97 Å². The molecule has 3 nitrogen and oxygen atoms in total. The number of ether oxygens (including phenoxy) is 1. The molecule has 92 valence electrons. The first-order chi connectivity index (χ1) is 8.20. The summed E-state index contributed by atoms with van der Waals surface area (Å²) in [6, 6.07) is 8.55. The van der Waals surface area contributed by atoms with Gasteiger partial charge in [-0.25, -0.2) is 0 Å². The number of benzene rings is 1. The number of nitrogens with one attached hydrogen (secondary N) is 1. The maximum Gasteiger partial charge on any atom is 0.309 e. The van der Waals surface area contributed by atoms with Crippen molar-refractivity contribution in [2.75, 3.05) is 20.2 Å². The highest BCUT2D eigenvalue weighted by Crippen LogP contribution is 2.27. The summed E-state index contributed by atoms with van der Waals surface area (Å²) < 4.78 is 4.81. The van der Waals surface area contributed by atoms with Gasteiger partial charge in [0, 0.05) is 13.1 Å². The van der Waals surface area contributed by atoms with E-state index < -0.39 is 0 Å². The molecule has 0 aromatic heterocycles. The van der Waals surface area contributed by atoms with Crippen LogP contribution in [0.15, 0.2) is 24.3 Å². The second-order valence-electron chi connectivity index (χ2n) is 4.72. The van der Waals surface area contributed by atoms with Crippen LogP contribution in [-0.2, 0) is 9.53 Å². The third-order valence-electron chi connectivity index (χ3n) is 3.43. The van der Waals surface area contributed by atoms with E-state index in [-0.39, 0.29) is 11.9 Å². The summed E-state index contributed by atoms with van der Waals surface area (Å²) in [6.07, 6.45) is 0.878. The molecule has 0 spiro atoms. The lowest BCUT2D eigenvalue weighted by atomic mass is 9.85. The van der Waals surface area contributed by atoms with Gasteiger partial charge in [-0.3, -0.25) is 4.79 Å². The highest BCUT2D eigenvalue weighted by atomic mass is 16.5. The molecular formula is C14H19NO2. The molecule has 1 saturated heterocycles. The van der Waals surface area contributed by atoms with Crippen molar-refractivity contribution in [3.05, 3.63) is 35.4 Å². The minimum Gasteiger partial charge on any atom is -0.469 e. The Hall–Kier alpha value is -1.35. The van der Waals surface area contributed by atoms with Gasteiger partial charge < -0.3 is 10.1 Å². The van der Waals surface area contributed by atoms with Crippen molar-refractivity contribution < 1.29 is 9.53 Å². The molecule has 1 aromatic carbocycles. The Labute approximate surface area is 102 Å². The molecule has 17 heavy (non-hydrogen) atoms. The van der Waals surface area contributed by atoms with Gasteiger partial charge in [0.05, 0.1) is 13.0 Å². The molecule has 2 rings (SSSR count). The number of hydrogen-bond donors (Lipinski definition) is 1. The smallest absolute Gasteiger partial charge is 0.309 e. The SMILES string of the molecule is COC(=O)[C@@H]1CNC[C@H](c2ccc(C)cc2)C1.